The molecule has 0 amide bonds. The van der Waals surface area contributed by atoms with Crippen LogP contribution in [0.15, 0.2) is 27.4 Å². The molecule has 4 nitrogen and oxygen atoms in total. The molecule has 0 unspecified atom stereocenters. The van der Waals surface area contributed by atoms with E-state index < -0.39 is 0 Å². The van der Waals surface area contributed by atoms with Crippen LogP contribution in [0.3, 0.4) is 0 Å². The molecular formula is C14H15ClO4. The van der Waals surface area contributed by atoms with Crippen molar-refractivity contribution in [2.75, 3.05) is 12.5 Å². The number of alkyl halides is 1. The van der Waals surface area contributed by atoms with E-state index in [2.05, 4.69) is 0 Å². The molecule has 0 radical (unpaired) electrons. The normalized spacial score (nSPS) is 10.9. The molecule has 0 atom stereocenters. The molecule has 0 aliphatic carbocycles. The number of aliphatic hydroxyl groups is 1. The van der Waals surface area contributed by atoms with Gasteiger partial charge in [-0.25, -0.2) is 0 Å². The van der Waals surface area contributed by atoms with Crippen molar-refractivity contribution in [3.63, 3.8) is 0 Å². The lowest BCUT2D eigenvalue weighted by atomic mass is 10.1. The van der Waals surface area contributed by atoms with Crippen molar-refractivity contribution in [3.05, 3.63) is 39.7 Å². The second-order valence-corrected chi connectivity index (χ2v) is 4.56. The summed E-state index contributed by atoms with van der Waals surface area (Å²) in [6.07, 6.45) is 0.749. The number of hydrogen-bond donors (Lipinski definition) is 1. The molecule has 0 aliphatic rings. The van der Waals surface area contributed by atoms with Gasteiger partial charge < -0.3 is 14.3 Å². The number of hydrogen-bond acceptors (Lipinski definition) is 4. The van der Waals surface area contributed by atoms with Crippen LogP contribution in [0.25, 0.3) is 11.0 Å². The minimum atomic E-state index is -0.297. The number of halogens is 1. The van der Waals surface area contributed by atoms with Crippen molar-refractivity contribution in [3.8, 4) is 5.75 Å². The summed E-state index contributed by atoms with van der Waals surface area (Å²) in [5, 5.41) is 9.65. The third-order valence-corrected chi connectivity index (χ3v) is 3.15. The van der Waals surface area contributed by atoms with E-state index in [4.69, 9.17) is 25.9 Å². The Morgan fingerprint density at radius 1 is 1.42 bits per heavy atom. The topological polar surface area (TPSA) is 59.7 Å². The molecule has 0 spiro atoms. The number of fused-ring (bicyclic) bond motifs is 1. The maximum absolute atomic E-state index is 12.1. The Morgan fingerprint density at radius 3 is 2.89 bits per heavy atom. The molecule has 0 fully saturated rings. The van der Waals surface area contributed by atoms with Gasteiger partial charge in [-0.1, -0.05) is 0 Å². The van der Waals surface area contributed by atoms with Gasteiger partial charge in [-0.05, 0) is 25.5 Å². The zero-order valence-electron chi connectivity index (χ0n) is 10.6. The van der Waals surface area contributed by atoms with Crippen LogP contribution in [0.1, 0.15) is 17.7 Å². The zero-order chi connectivity index (χ0) is 13.8. The predicted octanol–water partition coefficient (Wildman–Crippen LogP) is 2.60. The molecule has 1 aromatic carbocycles. The maximum atomic E-state index is 12.1. The van der Waals surface area contributed by atoms with Crippen LogP contribution in [0, 0.1) is 6.92 Å². The Morgan fingerprint density at radius 2 is 2.21 bits per heavy atom. The lowest BCUT2D eigenvalue weighted by Gasteiger charge is -2.07. The van der Waals surface area contributed by atoms with E-state index in [1.165, 1.54) is 0 Å². The van der Waals surface area contributed by atoms with Crippen LogP contribution in [0.5, 0.6) is 5.75 Å². The number of aliphatic hydroxyl groups excluding tert-OH is 1. The van der Waals surface area contributed by atoms with Gasteiger partial charge in [0.15, 0.2) is 5.43 Å². The summed E-state index contributed by atoms with van der Waals surface area (Å²) in [4.78, 5) is 12.1. The fraction of sp³-hybridized carbons (Fsp3) is 0.357. The van der Waals surface area contributed by atoms with Crippen LogP contribution in [-0.2, 0) is 6.61 Å². The minimum absolute atomic E-state index is 0.127. The molecule has 1 N–H and O–H groups in total. The van der Waals surface area contributed by atoms with Gasteiger partial charge in [0, 0.05) is 17.5 Å². The molecule has 0 saturated carbocycles. The van der Waals surface area contributed by atoms with Crippen molar-refractivity contribution < 1.29 is 14.3 Å². The molecule has 0 bridgehead atoms. The van der Waals surface area contributed by atoms with Gasteiger partial charge in [0.2, 0.25) is 0 Å². The lowest BCUT2D eigenvalue weighted by molar-refractivity contribution is 0.247. The predicted molar refractivity (Wildman–Crippen MR) is 74.0 cm³/mol. The lowest BCUT2D eigenvalue weighted by Crippen LogP contribution is -2.09. The average molecular weight is 283 g/mol. The quantitative estimate of drug-likeness (QED) is 0.676. The van der Waals surface area contributed by atoms with Crippen molar-refractivity contribution in [2.45, 2.75) is 20.0 Å². The molecule has 0 saturated heterocycles. The van der Waals surface area contributed by atoms with E-state index in [0.29, 0.717) is 34.8 Å². The Labute approximate surface area is 115 Å². The molecule has 19 heavy (non-hydrogen) atoms. The first-order valence-electron chi connectivity index (χ1n) is 6.03. The van der Waals surface area contributed by atoms with E-state index in [9.17, 15) is 4.79 Å². The molecule has 102 valence electrons. The number of benzene rings is 1. The standard InChI is InChI=1S/C14H15ClO4/c1-9-13(8-16)19-12-7-10(18-6-2-5-15)3-4-11(12)14(9)17/h3-4,7,16H,2,5-6,8H2,1H3. The highest BCUT2D eigenvalue weighted by molar-refractivity contribution is 6.17. The Bertz CT molecular complexity index is 633. The molecular weight excluding hydrogens is 268 g/mol. The molecule has 2 rings (SSSR count). The summed E-state index contributed by atoms with van der Waals surface area (Å²) in [5.41, 5.74) is 0.728. The largest absolute Gasteiger partial charge is 0.493 e. The van der Waals surface area contributed by atoms with E-state index >= 15 is 0 Å². The first-order valence-corrected chi connectivity index (χ1v) is 6.56. The molecule has 2 aromatic rings. The summed E-state index contributed by atoms with van der Waals surface area (Å²) < 4.78 is 11.0. The van der Waals surface area contributed by atoms with Crippen molar-refractivity contribution >= 4 is 22.6 Å². The maximum Gasteiger partial charge on any atom is 0.195 e. The van der Waals surface area contributed by atoms with Gasteiger partial charge in [0.25, 0.3) is 0 Å². The van der Waals surface area contributed by atoms with E-state index in [1.807, 2.05) is 0 Å². The molecule has 1 aromatic heterocycles. The van der Waals surface area contributed by atoms with Gasteiger partial charge in [-0.3, -0.25) is 4.79 Å². The van der Waals surface area contributed by atoms with E-state index in [-0.39, 0.29) is 17.8 Å². The van der Waals surface area contributed by atoms with Gasteiger partial charge >= 0.3 is 0 Å². The highest BCUT2D eigenvalue weighted by Gasteiger charge is 2.10. The summed E-state index contributed by atoms with van der Waals surface area (Å²) in [7, 11) is 0. The Kier molecular flexibility index (Phi) is 4.45. The summed E-state index contributed by atoms with van der Waals surface area (Å²) in [6, 6.07) is 5.06. The first kappa shape index (κ1) is 13.9. The SMILES string of the molecule is Cc1c(CO)oc2cc(OCCCCl)ccc2c1=O. The second kappa shape index (κ2) is 6.08. The third-order valence-electron chi connectivity index (χ3n) is 2.88. The van der Waals surface area contributed by atoms with E-state index in [0.717, 1.165) is 6.42 Å². The third kappa shape index (κ3) is 2.91. The molecule has 0 aliphatic heterocycles. The van der Waals surface area contributed by atoms with Crippen molar-refractivity contribution in [1.82, 2.24) is 0 Å². The van der Waals surface area contributed by atoms with Crippen LogP contribution in [0.4, 0.5) is 0 Å². The minimum Gasteiger partial charge on any atom is -0.493 e. The second-order valence-electron chi connectivity index (χ2n) is 4.19. The summed E-state index contributed by atoms with van der Waals surface area (Å²) in [5.74, 6) is 1.44. The van der Waals surface area contributed by atoms with Gasteiger partial charge in [-0.15, -0.1) is 11.6 Å². The number of rotatable bonds is 5. The molecule has 5 heteroatoms. The Hall–Kier alpha value is -1.52. The monoisotopic (exact) mass is 282 g/mol. The first-order chi connectivity index (χ1) is 9.17. The summed E-state index contributed by atoms with van der Waals surface area (Å²) in [6.45, 7) is 1.86. The van der Waals surface area contributed by atoms with Crippen LogP contribution < -0.4 is 10.2 Å². The fourth-order valence-corrected chi connectivity index (χ4v) is 1.91. The van der Waals surface area contributed by atoms with Crippen molar-refractivity contribution in [2.24, 2.45) is 0 Å². The average Bonchev–Trinajstić information content (AvgIpc) is 2.43. The smallest absolute Gasteiger partial charge is 0.195 e. The van der Waals surface area contributed by atoms with Crippen LogP contribution in [0.2, 0.25) is 0 Å². The van der Waals surface area contributed by atoms with Gasteiger partial charge in [0.05, 0.1) is 12.0 Å². The van der Waals surface area contributed by atoms with Crippen molar-refractivity contribution in [1.29, 1.82) is 0 Å². The van der Waals surface area contributed by atoms with Crippen LogP contribution >= 0.6 is 11.6 Å². The summed E-state index contributed by atoms with van der Waals surface area (Å²) >= 11 is 5.57. The van der Waals surface area contributed by atoms with E-state index in [1.54, 1.807) is 25.1 Å². The Balaban J connectivity index is 2.42. The number of ether oxygens (including phenoxy) is 1. The highest BCUT2D eigenvalue weighted by Crippen LogP contribution is 2.21. The zero-order valence-corrected chi connectivity index (χ0v) is 11.4. The molecule has 1 heterocycles. The fourth-order valence-electron chi connectivity index (χ4n) is 1.80. The van der Waals surface area contributed by atoms with Crippen LogP contribution in [-0.4, -0.2) is 17.6 Å². The van der Waals surface area contributed by atoms with Gasteiger partial charge in [0.1, 0.15) is 23.7 Å². The van der Waals surface area contributed by atoms with Gasteiger partial charge in [-0.2, -0.15) is 0 Å². The highest BCUT2D eigenvalue weighted by atomic mass is 35.5.